The highest BCUT2D eigenvalue weighted by Gasteiger charge is 2.40. The predicted octanol–water partition coefficient (Wildman–Crippen LogP) is 7.46. The maximum atomic E-state index is 14.2. The molecule has 1 aliphatic carbocycles. The summed E-state index contributed by atoms with van der Waals surface area (Å²) in [5, 5.41) is 19.1. The van der Waals surface area contributed by atoms with Gasteiger partial charge in [-0.3, -0.25) is 4.90 Å². The van der Waals surface area contributed by atoms with Gasteiger partial charge in [-0.15, -0.1) is 0 Å². The van der Waals surface area contributed by atoms with Crippen molar-refractivity contribution in [3.05, 3.63) is 117 Å². The lowest BCUT2D eigenvalue weighted by Crippen LogP contribution is -2.52. The molecule has 3 aliphatic heterocycles. The number of fused-ring (bicyclic) bond motifs is 3. The van der Waals surface area contributed by atoms with Gasteiger partial charge in [0.25, 0.3) is 0 Å². The summed E-state index contributed by atoms with van der Waals surface area (Å²) in [4.78, 5) is 38.5. The van der Waals surface area contributed by atoms with E-state index in [0.29, 0.717) is 16.8 Å². The van der Waals surface area contributed by atoms with Crippen molar-refractivity contribution in [2.45, 2.75) is 68.0 Å². The smallest absolute Gasteiger partial charge is 0.490 e. The van der Waals surface area contributed by atoms with Crippen molar-refractivity contribution in [1.82, 2.24) is 9.62 Å². The Morgan fingerprint density at radius 2 is 1.56 bits per heavy atom. The minimum Gasteiger partial charge on any atom is -0.619 e. The zero-order valence-corrected chi connectivity index (χ0v) is 37.0. The summed E-state index contributed by atoms with van der Waals surface area (Å²) in [5.74, 6) is -4.52. The number of aromatic nitrogens is 1. The second-order valence-corrected chi connectivity index (χ2v) is 18.0. The number of ether oxygens (including phenoxy) is 5. The van der Waals surface area contributed by atoms with E-state index in [2.05, 4.69) is 14.4 Å². The predicted molar refractivity (Wildman–Crippen MR) is 224 cm³/mol. The van der Waals surface area contributed by atoms with E-state index in [-0.39, 0.29) is 68.8 Å². The van der Waals surface area contributed by atoms with Crippen LogP contribution < -0.4 is 23.7 Å². The van der Waals surface area contributed by atoms with Crippen LogP contribution in [0.2, 0.25) is 10.0 Å². The number of halogens is 7. The first-order valence-corrected chi connectivity index (χ1v) is 22.4. The number of piperidine rings is 3. The van der Waals surface area contributed by atoms with E-state index < -0.39 is 63.9 Å². The van der Waals surface area contributed by atoms with Crippen molar-refractivity contribution in [3.63, 3.8) is 0 Å². The highest BCUT2D eigenvalue weighted by molar-refractivity contribution is 7.89. The Morgan fingerprint density at radius 1 is 0.924 bits per heavy atom. The average molecular weight is 991 g/mol. The summed E-state index contributed by atoms with van der Waals surface area (Å²) in [6, 6.07) is 14.5. The maximum absolute atomic E-state index is 14.2. The van der Waals surface area contributed by atoms with Crippen molar-refractivity contribution in [1.29, 1.82) is 0 Å². The van der Waals surface area contributed by atoms with Gasteiger partial charge in [-0.25, -0.2) is 22.8 Å². The number of alkyl halides is 5. The second-order valence-electron chi connectivity index (χ2n) is 15.5. The zero-order valence-electron chi connectivity index (χ0n) is 34.7. The monoisotopic (exact) mass is 989 g/mol. The quantitative estimate of drug-likeness (QED) is 0.0459. The van der Waals surface area contributed by atoms with Crippen LogP contribution in [0.3, 0.4) is 0 Å². The maximum Gasteiger partial charge on any atom is 0.490 e. The number of hydrogen-bond acceptors (Lipinski definition) is 12. The number of pyridine rings is 1. The average Bonchev–Trinajstić information content (AvgIpc) is 4.11. The van der Waals surface area contributed by atoms with E-state index in [1.807, 2.05) is 0 Å². The third-order valence-corrected chi connectivity index (χ3v) is 13.0. The van der Waals surface area contributed by atoms with Crippen molar-refractivity contribution in [2.75, 3.05) is 33.4 Å². The van der Waals surface area contributed by atoms with Crippen LogP contribution in [-0.2, 0) is 35.5 Å². The molecule has 0 radical (unpaired) electrons. The third-order valence-electron chi connectivity index (χ3n) is 10.9. The Bertz CT molecular complexity index is 2470. The zero-order chi connectivity index (χ0) is 47.9. The summed E-state index contributed by atoms with van der Waals surface area (Å²) in [6.07, 6.45) is -1.21. The molecule has 4 aliphatic rings. The third kappa shape index (κ3) is 13.1. The van der Waals surface area contributed by atoms with E-state index in [0.717, 1.165) is 57.2 Å². The number of hydrogen-bond donors (Lipinski definition) is 2. The van der Waals surface area contributed by atoms with Crippen LogP contribution >= 0.6 is 23.2 Å². The number of methoxy groups -OCH3 is 1. The number of aliphatic carboxylic acids is 1. The molecule has 4 fully saturated rings. The molecule has 0 spiro atoms. The lowest BCUT2D eigenvalue weighted by molar-refractivity contribution is -0.605. The van der Waals surface area contributed by atoms with Gasteiger partial charge in [0.2, 0.25) is 10.0 Å². The molecule has 8 rings (SSSR count). The van der Waals surface area contributed by atoms with Crippen molar-refractivity contribution in [3.8, 4) is 17.2 Å². The lowest BCUT2D eigenvalue weighted by atomic mass is 9.86. The summed E-state index contributed by atoms with van der Waals surface area (Å²) in [6.45, 7) is -0.506. The molecule has 1 unspecified atom stereocenters. The molecule has 66 heavy (non-hydrogen) atoms. The molecule has 1 saturated carbocycles. The largest absolute Gasteiger partial charge is 0.619 e. The standard InChI is InChI=1S/C41H41Cl2F2N3O10S.C2HF3O2/c1-54-33-12-10-28(18-37(33)59(52,53)46-38(26-5-3-2-4-6-26)40(50)57-36-22-47-15-13-25(36)14-16-47)39(49)56-34(19-29-30(42)20-48(51)21-31(29)43)27-9-11-32(58-41(44)45)35(17-27)55-23-24-7-8-24;3-2(4,5)1(6)7/h2-6,9-12,17-18,20-21,24-25,34,36,38,41,46H,7-8,13-16,19,22-23H2,1H3;(H,6,7)/t34-,36-,38?;/m0./s1. The van der Waals surface area contributed by atoms with Crippen LogP contribution in [0.15, 0.2) is 84.0 Å². The fraction of sp³-hybridized carbons (Fsp3) is 0.395. The molecule has 2 bridgehead atoms. The number of benzene rings is 3. The molecule has 23 heteroatoms. The Hall–Kier alpha value is -5.48. The summed E-state index contributed by atoms with van der Waals surface area (Å²) in [7, 11) is -3.38. The number of carbonyl (C=O) groups is 3. The molecule has 3 saturated heterocycles. The molecule has 3 atom stereocenters. The first-order valence-electron chi connectivity index (χ1n) is 20.2. The molecule has 356 valence electrons. The lowest BCUT2D eigenvalue weighted by Gasteiger charge is -2.44. The van der Waals surface area contributed by atoms with E-state index in [1.54, 1.807) is 30.3 Å². The van der Waals surface area contributed by atoms with Crippen LogP contribution in [-0.4, -0.2) is 88.6 Å². The number of sulfonamides is 1. The van der Waals surface area contributed by atoms with Crippen molar-refractivity contribution in [2.24, 2.45) is 11.8 Å². The topological polar surface area (TPSA) is 194 Å². The van der Waals surface area contributed by atoms with Gasteiger partial charge in [0.15, 0.2) is 23.9 Å². The highest BCUT2D eigenvalue weighted by Crippen LogP contribution is 2.39. The molecule has 15 nitrogen and oxygen atoms in total. The van der Waals surface area contributed by atoms with Crippen molar-refractivity contribution >= 4 is 51.1 Å². The van der Waals surface area contributed by atoms with Gasteiger partial charge in [-0.1, -0.05) is 59.6 Å². The van der Waals surface area contributed by atoms with E-state index in [1.165, 1.54) is 37.4 Å². The molecule has 3 aromatic carbocycles. The van der Waals surface area contributed by atoms with Gasteiger partial charge in [0.1, 0.15) is 38.9 Å². The molecule has 2 N–H and O–H groups in total. The minimum atomic E-state index is -5.08. The molecule has 4 heterocycles. The fourth-order valence-electron chi connectivity index (χ4n) is 7.25. The van der Waals surface area contributed by atoms with Crippen molar-refractivity contribution < 1.29 is 78.3 Å². The number of carboxylic acids is 1. The van der Waals surface area contributed by atoms with Gasteiger partial charge in [0.05, 0.1) is 19.3 Å². The molecule has 1 aromatic heterocycles. The van der Waals surface area contributed by atoms with Gasteiger partial charge in [-0.2, -0.15) is 31.4 Å². The van der Waals surface area contributed by atoms with Gasteiger partial charge in [0, 0.05) is 18.5 Å². The van der Waals surface area contributed by atoms with Crippen LogP contribution in [0, 0.1) is 17.0 Å². The minimum absolute atomic E-state index is 0.0256. The Balaban J connectivity index is 0.000000952. The van der Waals surface area contributed by atoms with Gasteiger partial charge in [-0.05, 0) is 92.1 Å². The normalized spacial score (nSPS) is 18.9. The molecular formula is C43H42Cl2F5N3O12S. The number of rotatable bonds is 17. The number of nitrogens with one attached hydrogen (secondary N) is 1. The van der Waals surface area contributed by atoms with Gasteiger partial charge >= 0.3 is 30.7 Å². The first-order chi connectivity index (χ1) is 31.2. The van der Waals surface area contributed by atoms with Crippen LogP contribution in [0.25, 0.3) is 0 Å². The van der Waals surface area contributed by atoms with E-state index in [4.69, 9.17) is 52.1 Å². The Morgan fingerprint density at radius 3 is 2.12 bits per heavy atom. The van der Waals surface area contributed by atoms with E-state index in [9.17, 15) is 45.2 Å². The molecule has 4 aromatic rings. The first kappa shape index (κ1) is 49.9. The number of carbonyl (C=O) groups excluding carboxylic acids is 2. The van der Waals surface area contributed by atoms with E-state index >= 15 is 0 Å². The molecule has 0 amide bonds. The highest BCUT2D eigenvalue weighted by atomic mass is 35.5. The Kier molecular flexibility index (Phi) is 16.2. The van der Waals surface area contributed by atoms with Crippen LogP contribution in [0.4, 0.5) is 22.0 Å². The van der Waals surface area contributed by atoms with Gasteiger partial charge < -0.3 is 34.0 Å². The fourth-order valence-corrected chi connectivity index (χ4v) is 9.22. The Labute approximate surface area is 384 Å². The van der Waals surface area contributed by atoms with Crippen LogP contribution in [0.5, 0.6) is 17.2 Å². The summed E-state index contributed by atoms with van der Waals surface area (Å²) < 4.78 is 118. The SMILES string of the molecule is COc1ccc(C(=O)O[C@@H](Cc2c(Cl)c[n+]([O-])cc2Cl)c2ccc(OC(F)F)c(OCC3CC3)c2)cc1S(=O)(=O)NC(C(=O)O[C@H]1CN2CCC1CC2)c1ccccc1.O=C(O)C(F)(F)F. The summed E-state index contributed by atoms with van der Waals surface area (Å²) >= 11 is 12.8. The number of esters is 2. The number of nitrogens with zero attached hydrogens (tertiary/aromatic N) is 2. The second kappa shape index (κ2) is 21.4. The number of carboxylic acid groups (broad SMARTS) is 1. The molecular weight excluding hydrogens is 948 g/mol. The van der Waals surface area contributed by atoms with Crippen LogP contribution in [0.1, 0.15) is 64.9 Å². The summed E-state index contributed by atoms with van der Waals surface area (Å²) in [5.41, 5.74) is 0.594.